The number of sulfonamides is 1. The standard InChI is InChI=1S/C18H22N2O3S2/c1-19(15-6-3-4-7-15)18(21)14-9-11-16(12-10-14)20(2)25(22,23)17-8-5-13-24-17/h5,8-13,15H,3-4,6-7H2,1-2H3. The Balaban J connectivity index is 1.77. The molecule has 5 nitrogen and oxygen atoms in total. The van der Waals surface area contributed by atoms with Crippen LogP contribution in [0.5, 0.6) is 0 Å². The van der Waals surface area contributed by atoms with Gasteiger partial charge in [0, 0.05) is 25.7 Å². The molecule has 0 spiro atoms. The van der Waals surface area contributed by atoms with Crippen molar-refractivity contribution in [1.82, 2.24) is 4.90 Å². The van der Waals surface area contributed by atoms with Gasteiger partial charge in [0.15, 0.2) is 0 Å². The minimum atomic E-state index is -3.55. The molecule has 2 aromatic rings. The van der Waals surface area contributed by atoms with E-state index in [-0.39, 0.29) is 5.91 Å². The lowest BCUT2D eigenvalue weighted by Crippen LogP contribution is -2.35. The molecule has 25 heavy (non-hydrogen) atoms. The maximum atomic E-state index is 12.6. The van der Waals surface area contributed by atoms with Crippen LogP contribution in [0.4, 0.5) is 5.69 Å². The van der Waals surface area contributed by atoms with E-state index in [1.807, 2.05) is 11.9 Å². The van der Waals surface area contributed by atoms with Crippen LogP contribution in [0.15, 0.2) is 46.0 Å². The monoisotopic (exact) mass is 378 g/mol. The minimum Gasteiger partial charge on any atom is -0.339 e. The highest BCUT2D eigenvalue weighted by atomic mass is 32.2. The van der Waals surface area contributed by atoms with E-state index >= 15 is 0 Å². The number of thiophene rings is 1. The number of anilines is 1. The van der Waals surface area contributed by atoms with Crippen molar-refractivity contribution >= 4 is 33.0 Å². The molecule has 0 atom stereocenters. The summed E-state index contributed by atoms with van der Waals surface area (Å²) in [5, 5.41) is 1.74. The fourth-order valence-corrected chi connectivity index (χ4v) is 5.52. The highest BCUT2D eigenvalue weighted by Crippen LogP contribution is 2.27. The van der Waals surface area contributed by atoms with Crippen LogP contribution < -0.4 is 4.31 Å². The van der Waals surface area contributed by atoms with Crippen molar-refractivity contribution < 1.29 is 13.2 Å². The Labute approximate surface area is 152 Å². The third kappa shape index (κ3) is 3.57. The molecule has 0 aliphatic heterocycles. The van der Waals surface area contributed by atoms with Gasteiger partial charge in [-0.05, 0) is 48.6 Å². The molecule has 7 heteroatoms. The Bertz CT molecular complexity index is 824. The van der Waals surface area contributed by atoms with Gasteiger partial charge in [-0.25, -0.2) is 8.42 Å². The first-order valence-electron chi connectivity index (χ1n) is 8.31. The van der Waals surface area contributed by atoms with Crippen molar-refractivity contribution in [1.29, 1.82) is 0 Å². The van der Waals surface area contributed by atoms with Gasteiger partial charge in [-0.15, -0.1) is 11.3 Å². The summed E-state index contributed by atoms with van der Waals surface area (Å²) in [5.41, 5.74) is 1.12. The molecule has 1 aliphatic rings. The van der Waals surface area contributed by atoms with Gasteiger partial charge in [-0.3, -0.25) is 9.10 Å². The Hall–Kier alpha value is -1.86. The van der Waals surface area contributed by atoms with Crippen molar-refractivity contribution in [3.8, 4) is 0 Å². The number of amides is 1. The van der Waals surface area contributed by atoms with Gasteiger partial charge in [0.25, 0.3) is 15.9 Å². The van der Waals surface area contributed by atoms with Gasteiger partial charge in [-0.2, -0.15) is 0 Å². The summed E-state index contributed by atoms with van der Waals surface area (Å²) in [6, 6.07) is 10.4. The Morgan fingerprint density at radius 2 is 1.72 bits per heavy atom. The highest BCUT2D eigenvalue weighted by molar-refractivity contribution is 7.94. The smallest absolute Gasteiger partial charge is 0.273 e. The maximum Gasteiger partial charge on any atom is 0.273 e. The van der Waals surface area contributed by atoms with Crippen LogP contribution in [0, 0.1) is 0 Å². The molecule has 1 heterocycles. The summed E-state index contributed by atoms with van der Waals surface area (Å²) in [4.78, 5) is 14.4. The van der Waals surface area contributed by atoms with Gasteiger partial charge >= 0.3 is 0 Å². The molecule has 1 amide bonds. The first kappa shape index (κ1) is 17.9. The topological polar surface area (TPSA) is 57.7 Å². The van der Waals surface area contributed by atoms with E-state index in [1.165, 1.54) is 35.5 Å². The summed E-state index contributed by atoms with van der Waals surface area (Å²) >= 11 is 1.19. The summed E-state index contributed by atoms with van der Waals surface area (Å²) < 4.78 is 26.7. The number of benzene rings is 1. The molecule has 0 radical (unpaired) electrons. The quantitative estimate of drug-likeness (QED) is 0.799. The van der Waals surface area contributed by atoms with Crippen LogP contribution in [-0.2, 0) is 10.0 Å². The van der Waals surface area contributed by atoms with Crippen molar-refractivity contribution in [3.05, 3.63) is 47.3 Å². The third-order valence-electron chi connectivity index (χ3n) is 4.78. The zero-order valence-electron chi connectivity index (χ0n) is 14.4. The molecule has 0 N–H and O–H groups in total. The molecule has 0 saturated heterocycles. The van der Waals surface area contributed by atoms with Crippen LogP contribution in [0.2, 0.25) is 0 Å². The van der Waals surface area contributed by atoms with E-state index in [9.17, 15) is 13.2 Å². The van der Waals surface area contributed by atoms with E-state index in [2.05, 4.69) is 0 Å². The second kappa shape index (κ2) is 7.17. The zero-order valence-corrected chi connectivity index (χ0v) is 16.0. The number of hydrogen-bond donors (Lipinski definition) is 0. The van der Waals surface area contributed by atoms with Gasteiger partial charge in [0.05, 0.1) is 5.69 Å². The summed E-state index contributed by atoms with van der Waals surface area (Å²) in [7, 11) is -0.184. The van der Waals surface area contributed by atoms with E-state index in [1.54, 1.807) is 41.8 Å². The number of rotatable bonds is 5. The predicted molar refractivity (Wildman–Crippen MR) is 101 cm³/mol. The molecule has 1 saturated carbocycles. The Morgan fingerprint density at radius 3 is 2.28 bits per heavy atom. The van der Waals surface area contributed by atoms with E-state index < -0.39 is 10.0 Å². The van der Waals surface area contributed by atoms with Crippen molar-refractivity contribution in [2.75, 3.05) is 18.4 Å². The van der Waals surface area contributed by atoms with Crippen LogP contribution >= 0.6 is 11.3 Å². The van der Waals surface area contributed by atoms with Crippen LogP contribution in [0.3, 0.4) is 0 Å². The maximum absolute atomic E-state index is 12.6. The largest absolute Gasteiger partial charge is 0.339 e. The van der Waals surface area contributed by atoms with Gasteiger partial charge < -0.3 is 4.90 Å². The Morgan fingerprint density at radius 1 is 1.08 bits per heavy atom. The summed E-state index contributed by atoms with van der Waals surface area (Å²) in [5.74, 6) is -0.0118. The molecule has 0 unspecified atom stereocenters. The van der Waals surface area contributed by atoms with E-state index in [4.69, 9.17) is 0 Å². The zero-order chi connectivity index (χ0) is 18.0. The number of carbonyl (C=O) groups is 1. The predicted octanol–water partition coefficient (Wildman–Crippen LogP) is 3.59. The summed E-state index contributed by atoms with van der Waals surface area (Å²) in [6.07, 6.45) is 4.46. The highest BCUT2D eigenvalue weighted by Gasteiger charge is 2.25. The van der Waals surface area contributed by atoms with Crippen molar-refractivity contribution in [3.63, 3.8) is 0 Å². The lowest BCUT2D eigenvalue weighted by Gasteiger charge is -2.24. The average Bonchev–Trinajstić information content (AvgIpc) is 3.33. The van der Waals surface area contributed by atoms with Crippen molar-refractivity contribution in [2.45, 2.75) is 35.9 Å². The number of hydrogen-bond acceptors (Lipinski definition) is 4. The normalized spacial score (nSPS) is 15.3. The molecule has 1 aliphatic carbocycles. The van der Waals surface area contributed by atoms with Gasteiger partial charge in [-0.1, -0.05) is 18.9 Å². The second-order valence-electron chi connectivity index (χ2n) is 6.31. The molecule has 1 aromatic heterocycles. The van der Waals surface area contributed by atoms with Crippen LogP contribution in [-0.4, -0.2) is 39.4 Å². The fraction of sp³-hybridized carbons (Fsp3) is 0.389. The lowest BCUT2D eigenvalue weighted by atomic mass is 10.1. The molecule has 134 valence electrons. The molecular formula is C18H22N2O3S2. The van der Waals surface area contributed by atoms with Crippen LogP contribution in [0.1, 0.15) is 36.0 Å². The molecule has 0 bridgehead atoms. The third-order valence-corrected chi connectivity index (χ3v) is 7.94. The van der Waals surface area contributed by atoms with E-state index in [0.29, 0.717) is 21.5 Å². The minimum absolute atomic E-state index is 0.0118. The van der Waals surface area contributed by atoms with E-state index in [0.717, 1.165) is 12.8 Å². The lowest BCUT2D eigenvalue weighted by molar-refractivity contribution is 0.0735. The van der Waals surface area contributed by atoms with Gasteiger partial charge in [0.2, 0.25) is 0 Å². The van der Waals surface area contributed by atoms with Gasteiger partial charge in [0.1, 0.15) is 4.21 Å². The Kier molecular flexibility index (Phi) is 5.15. The van der Waals surface area contributed by atoms with Crippen molar-refractivity contribution in [2.24, 2.45) is 0 Å². The first-order valence-corrected chi connectivity index (χ1v) is 10.6. The average molecular weight is 379 g/mol. The number of nitrogens with zero attached hydrogens (tertiary/aromatic N) is 2. The molecular weight excluding hydrogens is 356 g/mol. The molecule has 3 rings (SSSR count). The van der Waals surface area contributed by atoms with Crippen LogP contribution in [0.25, 0.3) is 0 Å². The fourth-order valence-electron chi connectivity index (χ4n) is 3.16. The second-order valence-corrected chi connectivity index (χ2v) is 9.45. The number of carbonyl (C=O) groups excluding carboxylic acids is 1. The first-order chi connectivity index (χ1) is 11.9. The SMILES string of the molecule is CN(C(=O)c1ccc(N(C)S(=O)(=O)c2cccs2)cc1)C1CCCC1. The summed E-state index contributed by atoms with van der Waals surface area (Å²) in [6.45, 7) is 0. The molecule has 1 fully saturated rings. The molecule has 1 aromatic carbocycles.